The molecule has 0 spiro atoms. The van der Waals surface area contributed by atoms with E-state index in [4.69, 9.17) is 20.8 Å². The molecule has 1 N–H and O–H groups in total. The first-order valence-corrected chi connectivity index (χ1v) is 10.9. The van der Waals surface area contributed by atoms with Crippen LogP contribution in [0.15, 0.2) is 70.0 Å². The maximum absolute atomic E-state index is 12.4. The number of carbonyl (C=O) groups excluding carboxylic acids is 1. The first-order valence-electron chi connectivity index (χ1n) is 9.17. The highest BCUT2D eigenvalue weighted by atomic mass is 35.5. The summed E-state index contributed by atoms with van der Waals surface area (Å²) in [6.07, 6.45) is 0.114. The van der Waals surface area contributed by atoms with E-state index in [-0.39, 0.29) is 23.5 Å². The lowest BCUT2D eigenvalue weighted by Gasteiger charge is -2.10. The van der Waals surface area contributed by atoms with Crippen LogP contribution in [-0.4, -0.2) is 16.2 Å². The lowest BCUT2D eigenvalue weighted by molar-refractivity contribution is 0.0921. The largest absolute Gasteiger partial charge is 0.491 e. The predicted octanol–water partition coefficient (Wildman–Crippen LogP) is 4.96. The standard InChI is InChI=1S/C22H22ClNO4S/c1-15(2)27-18-7-3-16(4-8-18)13-24-22(25)21-12-9-19(28-21)14-29(26)20-10-5-17(23)6-11-20/h3-12,15H,13-14H2,1-2H3,(H,24,25)/t29-/m0/s1. The molecule has 152 valence electrons. The third-order valence-electron chi connectivity index (χ3n) is 3.98. The van der Waals surface area contributed by atoms with Gasteiger partial charge in [-0.1, -0.05) is 23.7 Å². The molecule has 0 unspecified atom stereocenters. The number of halogens is 1. The SMILES string of the molecule is CC(C)Oc1ccc(CNC(=O)c2ccc(C[S@](=O)c3ccc(Cl)cc3)o2)cc1. The zero-order chi connectivity index (χ0) is 20.8. The van der Waals surface area contributed by atoms with Gasteiger partial charge >= 0.3 is 0 Å². The van der Waals surface area contributed by atoms with Crippen molar-refractivity contribution in [3.8, 4) is 5.75 Å². The van der Waals surface area contributed by atoms with Crippen LogP contribution in [0, 0.1) is 0 Å². The van der Waals surface area contributed by atoms with Crippen LogP contribution in [0.5, 0.6) is 5.75 Å². The Labute approximate surface area is 177 Å². The lowest BCUT2D eigenvalue weighted by Crippen LogP contribution is -2.22. The highest BCUT2D eigenvalue weighted by Gasteiger charge is 2.14. The van der Waals surface area contributed by atoms with Crippen LogP contribution >= 0.6 is 11.6 Å². The van der Waals surface area contributed by atoms with Crippen molar-refractivity contribution in [1.82, 2.24) is 5.32 Å². The van der Waals surface area contributed by atoms with Gasteiger partial charge in [-0.15, -0.1) is 0 Å². The predicted molar refractivity (Wildman–Crippen MR) is 114 cm³/mol. The molecule has 0 aliphatic rings. The van der Waals surface area contributed by atoms with Gasteiger partial charge in [-0.2, -0.15) is 0 Å². The van der Waals surface area contributed by atoms with Gasteiger partial charge in [0.2, 0.25) is 0 Å². The highest BCUT2D eigenvalue weighted by Crippen LogP contribution is 2.18. The van der Waals surface area contributed by atoms with Crippen LogP contribution in [0.1, 0.15) is 35.7 Å². The van der Waals surface area contributed by atoms with Crippen LogP contribution in [0.25, 0.3) is 0 Å². The van der Waals surface area contributed by atoms with Crippen molar-refractivity contribution in [3.63, 3.8) is 0 Å². The molecule has 1 atom stereocenters. The van der Waals surface area contributed by atoms with Crippen LogP contribution in [-0.2, 0) is 23.1 Å². The second kappa shape index (κ2) is 9.76. The van der Waals surface area contributed by atoms with E-state index in [1.807, 2.05) is 38.1 Å². The fourth-order valence-corrected chi connectivity index (χ4v) is 3.75. The van der Waals surface area contributed by atoms with E-state index >= 15 is 0 Å². The Balaban J connectivity index is 1.53. The topological polar surface area (TPSA) is 68.5 Å². The second-order valence-corrected chi connectivity index (χ2v) is 8.59. The minimum atomic E-state index is -1.28. The van der Waals surface area contributed by atoms with Crippen LogP contribution in [0.4, 0.5) is 0 Å². The average Bonchev–Trinajstić information content (AvgIpc) is 3.16. The molecule has 7 heteroatoms. The molecule has 1 amide bonds. The summed E-state index contributed by atoms with van der Waals surface area (Å²) < 4.78 is 23.6. The molecule has 29 heavy (non-hydrogen) atoms. The fourth-order valence-electron chi connectivity index (χ4n) is 2.60. The molecular weight excluding hydrogens is 410 g/mol. The number of carbonyl (C=O) groups is 1. The maximum atomic E-state index is 12.4. The van der Waals surface area contributed by atoms with Crippen molar-refractivity contribution in [2.75, 3.05) is 0 Å². The zero-order valence-corrected chi connectivity index (χ0v) is 17.8. The molecule has 0 saturated carbocycles. The van der Waals surface area contributed by atoms with Gasteiger partial charge in [-0.25, -0.2) is 0 Å². The maximum Gasteiger partial charge on any atom is 0.287 e. The normalized spacial score (nSPS) is 12.0. The zero-order valence-electron chi connectivity index (χ0n) is 16.2. The summed E-state index contributed by atoms with van der Waals surface area (Å²) in [4.78, 5) is 13.0. The molecule has 5 nitrogen and oxygen atoms in total. The molecule has 0 aliphatic carbocycles. The number of furan rings is 1. The van der Waals surface area contributed by atoms with E-state index in [9.17, 15) is 9.00 Å². The van der Waals surface area contributed by atoms with E-state index in [0.717, 1.165) is 11.3 Å². The third kappa shape index (κ3) is 6.21. The molecule has 3 rings (SSSR count). The minimum absolute atomic E-state index is 0.114. The Morgan fingerprint density at radius 2 is 1.76 bits per heavy atom. The van der Waals surface area contributed by atoms with Gasteiger partial charge in [-0.05, 0) is 67.9 Å². The average molecular weight is 432 g/mol. The Morgan fingerprint density at radius 3 is 2.41 bits per heavy atom. The number of rotatable bonds is 8. The molecule has 0 fully saturated rings. The molecule has 2 aromatic carbocycles. The molecule has 3 aromatic rings. The summed E-state index contributed by atoms with van der Waals surface area (Å²) in [5.41, 5.74) is 0.949. The summed E-state index contributed by atoms with van der Waals surface area (Å²) in [5, 5.41) is 3.40. The van der Waals surface area contributed by atoms with E-state index in [0.29, 0.717) is 22.2 Å². The highest BCUT2D eigenvalue weighted by molar-refractivity contribution is 7.84. The molecule has 1 heterocycles. The van der Waals surface area contributed by atoms with Crippen molar-refractivity contribution < 1.29 is 18.2 Å². The van der Waals surface area contributed by atoms with E-state index < -0.39 is 10.8 Å². The fraction of sp³-hybridized carbons (Fsp3) is 0.227. The first kappa shape index (κ1) is 21.1. The van der Waals surface area contributed by atoms with Gasteiger partial charge < -0.3 is 14.5 Å². The quantitative estimate of drug-likeness (QED) is 0.547. The van der Waals surface area contributed by atoms with E-state index in [1.165, 1.54) is 0 Å². The molecule has 1 aromatic heterocycles. The van der Waals surface area contributed by atoms with Gasteiger partial charge in [0.25, 0.3) is 5.91 Å². The van der Waals surface area contributed by atoms with Gasteiger partial charge in [0.15, 0.2) is 5.76 Å². The second-order valence-electron chi connectivity index (χ2n) is 6.70. The summed E-state index contributed by atoms with van der Waals surface area (Å²) in [6.45, 7) is 4.31. The van der Waals surface area contributed by atoms with Gasteiger partial charge in [0.1, 0.15) is 11.5 Å². The number of hydrogen-bond acceptors (Lipinski definition) is 4. The monoisotopic (exact) mass is 431 g/mol. The Hall–Kier alpha value is -2.57. The summed E-state index contributed by atoms with van der Waals surface area (Å²) >= 11 is 5.85. The number of hydrogen-bond donors (Lipinski definition) is 1. The van der Waals surface area contributed by atoms with Crippen molar-refractivity contribution in [2.24, 2.45) is 0 Å². The third-order valence-corrected chi connectivity index (χ3v) is 5.58. The summed E-state index contributed by atoms with van der Waals surface area (Å²) in [6, 6.07) is 17.6. The number of benzene rings is 2. The smallest absolute Gasteiger partial charge is 0.287 e. The molecule has 0 bridgehead atoms. The lowest BCUT2D eigenvalue weighted by atomic mass is 10.2. The minimum Gasteiger partial charge on any atom is -0.491 e. The molecular formula is C22H22ClNO4S. The van der Waals surface area contributed by atoms with Crippen molar-refractivity contribution in [2.45, 2.75) is 37.1 Å². The number of ether oxygens (including phenoxy) is 1. The van der Waals surface area contributed by atoms with Crippen LogP contribution < -0.4 is 10.1 Å². The van der Waals surface area contributed by atoms with E-state index in [2.05, 4.69) is 5.32 Å². The van der Waals surface area contributed by atoms with E-state index in [1.54, 1.807) is 36.4 Å². The van der Waals surface area contributed by atoms with Crippen molar-refractivity contribution in [1.29, 1.82) is 0 Å². The number of nitrogens with one attached hydrogen (secondary N) is 1. The first-order chi connectivity index (χ1) is 13.9. The Bertz CT molecular complexity index is 981. The summed E-state index contributed by atoms with van der Waals surface area (Å²) in [5.74, 6) is 1.33. The number of amides is 1. The molecule has 0 radical (unpaired) electrons. The molecule has 0 aliphatic heterocycles. The Morgan fingerprint density at radius 1 is 1.07 bits per heavy atom. The van der Waals surface area contributed by atoms with Crippen molar-refractivity contribution in [3.05, 3.63) is 82.8 Å². The summed E-state index contributed by atoms with van der Waals surface area (Å²) in [7, 11) is -1.28. The van der Waals surface area contributed by atoms with Gasteiger partial charge in [-0.3, -0.25) is 9.00 Å². The van der Waals surface area contributed by atoms with Gasteiger partial charge in [0.05, 0.1) is 22.7 Å². The Kier molecular flexibility index (Phi) is 7.12. The van der Waals surface area contributed by atoms with Crippen LogP contribution in [0.3, 0.4) is 0 Å². The van der Waals surface area contributed by atoms with Gasteiger partial charge in [0, 0.05) is 16.5 Å². The molecule has 0 saturated heterocycles. The van der Waals surface area contributed by atoms with Crippen LogP contribution in [0.2, 0.25) is 5.02 Å². The van der Waals surface area contributed by atoms with Crippen molar-refractivity contribution >= 4 is 28.3 Å².